The first-order chi connectivity index (χ1) is 15.5. The van der Waals surface area contributed by atoms with Gasteiger partial charge in [-0.05, 0) is 43.5 Å². The Kier molecular flexibility index (Phi) is 8.84. The van der Waals surface area contributed by atoms with Crippen LogP contribution in [0.5, 0.6) is 0 Å². The molecule has 0 aromatic heterocycles. The summed E-state index contributed by atoms with van der Waals surface area (Å²) in [5.74, 6) is -0.596. The average molecular weight is 449 g/mol. The first-order valence-electron chi connectivity index (χ1n) is 11.3. The summed E-state index contributed by atoms with van der Waals surface area (Å²) in [4.78, 5) is 43.3. The van der Waals surface area contributed by atoms with Crippen molar-refractivity contribution < 1.29 is 23.5 Å². The molecule has 1 N–H and O–H groups in total. The monoisotopic (exact) mass is 448 g/mol. The second kappa shape index (κ2) is 11.8. The van der Waals surface area contributed by atoms with Crippen LogP contribution < -0.4 is 10.2 Å². The molecule has 0 saturated carbocycles. The number of anilines is 1. The molecule has 3 amide bonds. The number of methoxy groups -OCH3 is 1. The summed E-state index contributed by atoms with van der Waals surface area (Å²) in [5, 5.41) is 2.87. The van der Waals surface area contributed by atoms with E-state index >= 15 is 0 Å². The fraction of sp³-hybridized carbons (Fsp3) is 0.609. The second-order valence-corrected chi connectivity index (χ2v) is 8.33. The standard InChI is InChI=1S/C23H33FN4O4/c1-32-17-22(30)27-11-2-3-18(8-10-25-21(29)9-12-27)23(31)28-15-13-26(14-16-28)20-6-4-19(24)5-7-20/h4-7,18H,2-3,8-17H2,1H3,(H,25,29). The summed E-state index contributed by atoms with van der Waals surface area (Å²) in [6.45, 7) is 3.92. The topological polar surface area (TPSA) is 82.2 Å². The van der Waals surface area contributed by atoms with Gasteiger partial charge in [-0.15, -0.1) is 0 Å². The van der Waals surface area contributed by atoms with Gasteiger partial charge >= 0.3 is 0 Å². The normalized spacial score (nSPS) is 21.0. The summed E-state index contributed by atoms with van der Waals surface area (Å²) < 4.78 is 18.1. The number of nitrogens with one attached hydrogen (secondary N) is 1. The number of hydrogen-bond donors (Lipinski definition) is 1. The molecule has 2 fully saturated rings. The number of ether oxygens (including phenoxy) is 1. The average Bonchev–Trinajstić information content (AvgIpc) is 2.84. The lowest BCUT2D eigenvalue weighted by Crippen LogP contribution is -2.50. The molecule has 3 rings (SSSR count). The molecule has 2 heterocycles. The highest BCUT2D eigenvalue weighted by Crippen LogP contribution is 2.21. The fourth-order valence-electron chi connectivity index (χ4n) is 4.30. The Balaban J connectivity index is 1.56. The third-order valence-electron chi connectivity index (χ3n) is 6.16. The molecule has 1 aromatic rings. The number of rotatable bonds is 4. The largest absolute Gasteiger partial charge is 0.375 e. The number of carbonyl (C=O) groups is 3. The van der Waals surface area contributed by atoms with Crippen molar-refractivity contribution in [2.45, 2.75) is 25.7 Å². The van der Waals surface area contributed by atoms with Crippen molar-refractivity contribution in [3.8, 4) is 0 Å². The van der Waals surface area contributed by atoms with Crippen LogP contribution in [0.2, 0.25) is 0 Å². The summed E-state index contributed by atoms with van der Waals surface area (Å²) in [6, 6.07) is 6.42. The quantitative estimate of drug-likeness (QED) is 0.750. The minimum Gasteiger partial charge on any atom is -0.375 e. The number of amides is 3. The van der Waals surface area contributed by atoms with E-state index in [1.807, 2.05) is 4.90 Å². The lowest BCUT2D eigenvalue weighted by atomic mass is 9.97. The predicted octanol–water partition coefficient (Wildman–Crippen LogP) is 1.26. The van der Waals surface area contributed by atoms with Gasteiger partial charge in [-0.3, -0.25) is 14.4 Å². The van der Waals surface area contributed by atoms with Crippen molar-refractivity contribution in [2.24, 2.45) is 5.92 Å². The molecule has 32 heavy (non-hydrogen) atoms. The van der Waals surface area contributed by atoms with Crippen molar-refractivity contribution in [1.29, 1.82) is 0 Å². The fourth-order valence-corrected chi connectivity index (χ4v) is 4.30. The lowest BCUT2D eigenvalue weighted by molar-refractivity contribution is -0.136. The van der Waals surface area contributed by atoms with Gasteiger partial charge in [0.15, 0.2) is 0 Å². The van der Waals surface area contributed by atoms with Gasteiger partial charge < -0.3 is 24.8 Å². The maximum Gasteiger partial charge on any atom is 0.248 e. The van der Waals surface area contributed by atoms with Crippen LogP contribution in [0.3, 0.4) is 0 Å². The van der Waals surface area contributed by atoms with Gasteiger partial charge in [-0.1, -0.05) is 0 Å². The van der Waals surface area contributed by atoms with Crippen molar-refractivity contribution in [1.82, 2.24) is 15.1 Å². The molecule has 0 bridgehead atoms. The van der Waals surface area contributed by atoms with Crippen molar-refractivity contribution in [3.63, 3.8) is 0 Å². The zero-order valence-electron chi connectivity index (χ0n) is 18.7. The number of piperazine rings is 1. The minimum absolute atomic E-state index is 0.0116. The highest BCUT2D eigenvalue weighted by Gasteiger charge is 2.28. The molecule has 8 nitrogen and oxygen atoms in total. The highest BCUT2D eigenvalue weighted by atomic mass is 19.1. The van der Waals surface area contributed by atoms with E-state index < -0.39 is 0 Å². The van der Waals surface area contributed by atoms with Gasteiger partial charge in [-0.2, -0.15) is 0 Å². The van der Waals surface area contributed by atoms with Gasteiger partial charge in [0.2, 0.25) is 17.7 Å². The number of hydrogen-bond acceptors (Lipinski definition) is 5. The molecule has 1 unspecified atom stereocenters. The van der Waals surface area contributed by atoms with Gasteiger partial charge in [-0.25, -0.2) is 4.39 Å². The Morgan fingerprint density at radius 1 is 1.03 bits per heavy atom. The van der Waals surface area contributed by atoms with E-state index in [0.717, 1.165) is 5.69 Å². The molecule has 1 aromatic carbocycles. The van der Waals surface area contributed by atoms with Crippen LogP contribution in [0.4, 0.5) is 10.1 Å². The summed E-state index contributed by atoms with van der Waals surface area (Å²) in [6.07, 6.45) is 2.22. The van der Waals surface area contributed by atoms with Crippen LogP contribution in [0.25, 0.3) is 0 Å². The van der Waals surface area contributed by atoms with Gasteiger partial charge in [0.25, 0.3) is 0 Å². The van der Waals surface area contributed by atoms with Gasteiger partial charge in [0.05, 0.1) is 0 Å². The number of halogens is 1. The van der Waals surface area contributed by atoms with Crippen molar-refractivity contribution >= 4 is 23.4 Å². The molecular formula is C23H33FN4O4. The Bertz CT molecular complexity index is 781. The Labute approximate surface area is 188 Å². The van der Waals surface area contributed by atoms with Crippen LogP contribution >= 0.6 is 0 Å². The van der Waals surface area contributed by atoms with E-state index in [1.54, 1.807) is 17.0 Å². The first-order valence-corrected chi connectivity index (χ1v) is 11.3. The molecule has 0 aliphatic carbocycles. The summed E-state index contributed by atoms with van der Waals surface area (Å²) in [7, 11) is 1.47. The SMILES string of the molecule is COCC(=O)N1CCCC(C(=O)N2CCN(c3ccc(F)cc3)CC2)CCNC(=O)CC1. The van der Waals surface area contributed by atoms with E-state index in [1.165, 1.54) is 19.2 Å². The maximum atomic E-state index is 13.2. The van der Waals surface area contributed by atoms with Gasteiger partial charge in [0.1, 0.15) is 12.4 Å². The van der Waals surface area contributed by atoms with E-state index in [9.17, 15) is 18.8 Å². The van der Waals surface area contributed by atoms with Crippen LogP contribution in [0.15, 0.2) is 24.3 Å². The molecule has 0 spiro atoms. The molecule has 2 aliphatic rings. The second-order valence-electron chi connectivity index (χ2n) is 8.33. The maximum absolute atomic E-state index is 13.2. The zero-order chi connectivity index (χ0) is 22.9. The van der Waals surface area contributed by atoms with E-state index in [2.05, 4.69) is 10.2 Å². The van der Waals surface area contributed by atoms with E-state index in [-0.39, 0.29) is 42.5 Å². The molecule has 1 atom stereocenters. The predicted molar refractivity (Wildman–Crippen MR) is 119 cm³/mol. The highest BCUT2D eigenvalue weighted by molar-refractivity contribution is 5.81. The molecule has 9 heteroatoms. The summed E-state index contributed by atoms with van der Waals surface area (Å²) in [5.41, 5.74) is 0.956. The summed E-state index contributed by atoms with van der Waals surface area (Å²) >= 11 is 0. The van der Waals surface area contributed by atoms with Gasteiger partial charge in [0, 0.05) is 70.9 Å². The van der Waals surface area contributed by atoms with Crippen LogP contribution in [0.1, 0.15) is 25.7 Å². The Morgan fingerprint density at radius 3 is 2.44 bits per heavy atom. The number of nitrogens with zero attached hydrogens (tertiary/aromatic N) is 3. The Morgan fingerprint density at radius 2 is 1.75 bits per heavy atom. The molecule has 2 saturated heterocycles. The third kappa shape index (κ3) is 6.66. The smallest absolute Gasteiger partial charge is 0.248 e. The van der Waals surface area contributed by atoms with Crippen LogP contribution in [0, 0.1) is 11.7 Å². The van der Waals surface area contributed by atoms with E-state index in [4.69, 9.17) is 4.74 Å². The Hall–Kier alpha value is -2.68. The first kappa shape index (κ1) is 24.0. The molecule has 2 aliphatic heterocycles. The zero-order valence-corrected chi connectivity index (χ0v) is 18.7. The lowest BCUT2D eigenvalue weighted by Gasteiger charge is -2.37. The van der Waals surface area contributed by atoms with Crippen molar-refractivity contribution in [3.05, 3.63) is 30.1 Å². The third-order valence-corrected chi connectivity index (χ3v) is 6.16. The van der Waals surface area contributed by atoms with Crippen molar-refractivity contribution in [2.75, 3.05) is 64.4 Å². The molecular weight excluding hydrogens is 415 g/mol. The van der Waals surface area contributed by atoms with Crippen LogP contribution in [-0.4, -0.2) is 87.1 Å². The number of carbonyl (C=O) groups excluding carboxylic acids is 3. The van der Waals surface area contributed by atoms with E-state index in [0.29, 0.717) is 65.1 Å². The molecule has 0 radical (unpaired) electrons. The van der Waals surface area contributed by atoms with Crippen LogP contribution in [-0.2, 0) is 19.1 Å². The minimum atomic E-state index is -0.260. The molecule has 176 valence electrons. The number of benzene rings is 1.